The van der Waals surface area contributed by atoms with Gasteiger partial charge in [-0.3, -0.25) is 4.79 Å². The van der Waals surface area contributed by atoms with Crippen LogP contribution >= 0.6 is 0 Å². The van der Waals surface area contributed by atoms with Gasteiger partial charge in [0.15, 0.2) is 17.7 Å². The number of hydrogen-bond acceptors (Lipinski definition) is 8. The van der Waals surface area contributed by atoms with Crippen LogP contribution in [0, 0.1) is 19.7 Å². The lowest BCUT2D eigenvalue weighted by Gasteiger charge is -2.18. The van der Waals surface area contributed by atoms with Crippen LogP contribution in [0.1, 0.15) is 18.1 Å². The van der Waals surface area contributed by atoms with Crippen LogP contribution in [0.25, 0.3) is 0 Å². The molecule has 0 aliphatic heterocycles. The number of nitrogens with one attached hydrogen (secondary N) is 2. The monoisotopic (exact) mass is 474 g/mol. The highest BCUT2D eigenvalue weighted by atomic mass is 32.2. The van der Waals surface area contributed by atoms with Gasteiger partial charge in [-0.25, -0.2) is 22.9 Å². The minimum atomic E-state index is -3.81. The van der Waals surface area contributed by atoms with E-state index in [0.29, 0.717) is 28.3 Å². The summed E-state index contributed by atoms with van der Waals surface area (Å²) in [5.74, 6) is -0.737. The van der Waals surface area contributed by atoms with Crippen molar-refractivity contribution in [2.45, 2.75) is 31.8 Å². The Labute approximate surface area is 190 Å². The molecular formula is C21H23FN6O4S. The summed E-state index contributed by atoms with van der Waals surface area (Å²) in [6.07, 6.45) is 0.204. The standard InChI is InChI=1S/C21H23FN6O4S/c1-11-8-15(9-12(2)18(11)32-13(3)19(23)29)26-20-17(22)10-25-21(28-20)27-14-4-6-16(7-5-14)33(24,30)31/h4-10,13H,1-3H3,(H2,23,29)(H2,24,30,31)(H2,25,26,27,28). The number of primary sulfonamides is 1. The predicted molar refractivity (Wildman–Crippen MR) is 122 cm³/mol. The van der Waals surface area contributed by atoms with Crippen LogP contribution < -0.4 is 26.2 Å². The Hall–Kier alpha value is -3.77. The average Bonchev–Trinajstić information content (AvgIpc) is 2.72. The molecule has 1 aromatic heterocycles. The number of aryl methyl sites for hydroxylation is 2. The van der Waals surface area contributed by atoms with Crippen LogP contribution in [0.5, 0.6) is 5.75 Å². The molecule has 0 aliphatic rings. The number of nitrogens with zero attached hydrogens (tertiary/aromatic N) is 2. The van der Waals surface area contributed by atoms with E-state index in [1.807, 2.05) is 0 Å². The number of nitrogens with two attached hydrogens (primary N) is 2. The molecule has 2 aromatic carbocycles. The van der Waals surface area contributed by atoms with E-state index in [1.165, 1.54) is 24.3 Å². The minimum absolute atomic E-state index is 0.0428. The van der Waals surface area contributed by atoms with E-state index < -0.39 is 27.9 Å². The van der Waals surface area contributed by atoms with Crippen molar-refractivity contribution in [1.29, 1.82) is 0 Å². The lowest BCUT2D eigenvalue weighted by molar-refractivity contribution is -0.124. The highest BCUT2D eigenvalue weighted by molar-refractivity contribution is 7.89. The molecule has 0 saturated heterocycles. The first kappa shape index (κ1) is 23.9. The van der Waals surface area contributed by atoms with Crippen LogP contribution in [0.15, 0.2) is 47.5 Å². The summed E-state index contributed by atoms with van der Waals surface area (Å²) in [6.45, 7) is 5.13. The van der Waals surface area contributed by atoms with Gasteiger partial charge in [0.05, 0.1) is 11.1 Å². The van der Waals surface area contributed by atoms with Crippen LogP contribution in [0.4, 0.5) is 27.5 Å². The van der Waals surface area contributed by atoms with Gasteiger partial charge in [-0.1, -0.05) is 0 Å². The largest absolute Gasteiger partial charge is 0.480 e. The molecule has 3 rings (SSSR count). The number of rotatable bonds is 8. The highest BCUT2D eigenvalue weighted by Crippen LogP contribution is 2.30. The Morgan fingerprint density at radius 3 is 2.24 bits per heavy atom. The molecule has 1 heterocycles. The normalized spacial score (nSPS) is 12.2. The molecule has 0 radical (unpaired) electrons. The van der Waals surface area contributed by atoms with Crippen molar-refractivity contribution in [2.24, 2.45) is 10.9 Å². The van der Waals surface area contributed by atoms with E-state index >= 15 is 0 Å². The van der Waals surface area contributed by atoms with Crippen LogP contribution in [0.3, 0.4) is 0 Å². The maximum atomic E-state index is 14.3. The van der Waals surface area contributed by atoms with Crippen molar-refractivity contribution >= 4 is 39.1 Å². The van der Waals surface area contributed by atoms with E-state index in [2.05, 4.69) is 20.6 Å². The molecule has 0 bridgehead atoms. The summed E-state index contributed by atoms with van der Waals surface area (Å²) in [5, 5.41) is 10.9. The maximum Gasteiger partial charge on any atom is 0.258 e. The molecule has 6 N–H and O–H groups in total. The average molecular weight is 475 g/mol. The minimum Gasteiger partial charge on any atom is -0.480 e. The van der Waals surface area contributed by atoms with Gasteiger partial charge in [0.25, 0.3) is 5.91 Å². The van der Waals surface area contributed by atoms with E-state index in [0.717, 1.165) is 6.20 Å². The second-order valence-corrected chi connectivity index (χ2v) is 8.87. The molecule has 33 heavy (non-hydrogen) atoms. The first-order valence-electron chi connectivity index (χ1n) is 9.70. The van der Waals surface area contributed by atoms with Crippen molar-refractivity contribution in [2.75, 3.05) is 10.6 Å². The third-order valence-electron chi connectivity index (χ3n) is 4.60. The van der Waals surface area contributed by atoms with Crippen molar-refractivity contribution in [3.05, 3.63) is 59.5 Å². The van der Waals surface area contributed by atoms with Crippen molar-refractivity contribution < 1.29 is 22.3 Å². The van der Waals surface area contributed by atoms with Crippen LogP contribution in [-0.2, 0) is 14.8 Å². The number of ether oxygens (including phenoxy) is 1. The second-order valence-electron chi connectivity index (χ2n) is 7.31. The van der Waals surface area contributed by atoms with Crippen LogP contribution in [0.2, 0.25) is 0 Å². The summed E-state index contributed by atoms with van der Waals surface area (Å²) < 4.78 is 42.7. The smallest absolute Gasteiger partial charge is 0.258 e. The molecule has 0 spiro atoms. The number of aromatic nitrogens is 2. The molecule has 3 aromatic rings. The highest BCUT2D eigenvalue weighted by Gasteiger charge is 2.16. The summed E-state index contributed by atoms with van der Waals surface area (Å²) in [4.78, 5) is 19.3. The van der Waals surface area contributed by atoms with Gasteiger partial charge in [-0.05, 0) is 68.3 Å². The first-order valence-corrected chi connectivity index (χ1v) is 11.3. The third-order valence-corrected chi connectivity index (χ3v) is 5.53. The topological polar surface area (TPSA) is 162 Å². The zero-order chi connectivity index (χ0) is 24.3. The summed E-state index contributed by atoms with van der Waals surface area (Å²) in [7, 11) is -3.81. The number of carbonyl (C=O) groups is 1. The molecule has 1 unspecified atom stereocenters. The van der Waals surface area contributed by atoms with E-state index in [1.54, 1.807) is 32.9 Å². The Morgan fingerprint density at radius 2 is 1.70 bits per heavy atom. The molecule has 10 nitrogen and oxygen atoms in total. The van der Waals surface area contributed by atoms with E-state index in [9.17, 15) is 17.6 Å². The van der Waals surface area contributed by atoms with Gasteiger partial charge in [-0.2, -0.15) is 4.98 Å². The Morgan fingerprint density at radius 1 is 1.09 bits per heavy atom. The fourth-order valence-electron chi connectivity index (χ4n) is 2.95. The van der Waals surface area contributed by atoms with Crippen molar-refractivity contribution in [1.82, 2.24) is 9.97 Å². The number of anilines is 4. The number of amides is 1. The third kappa shape index (κ3) is 5.93. The molecule has 12 heteroatoms. The molecular weight excluding hydrogens is 451 g/mol. The summed E-state index contributed by atoms with van der Waals surface area (Å²) in [5.41, 5.74) is 7.72. The van der Waals surface area contributed by atoms with Gasteiger partial charge in [0, 0.05) is 11.4 Å². The fourth-order valence-corrected chi connectivity index (χ4v) is 3.47. The van der Waals surface area contributed by atoms with Gasteiger partial charge in [0.1, 0.15) is 5.75 Å². The maximum absolute atomic E-state index is 14.3. The van der Waals surface area contributed by atoms with Gasteiger partial charge >= 0.3 is 0 Å². The molecule has 174 valence electrons. The molecule has 0 aliphatic carbocycles. The lowest BCUT2D eigenvalue weighted by Crippen LogP contribution is -2.31. The molecule has 0 saturated carbocycles. The quantitative estimate of drug-likeness (QED) is 0.387. The lowest BCUT2D eigenvalue weighted by atomic mass is 10.1. The summed E-state index contributed by atoms with van der Waals surface area (Å²) in [6, 6.07) is 9.06. The number of sulfonamides is 1. The van der Waals surface area contributed by atoms with Crippen LogP contribution in [-0.4, -0.2) is 30.4 Å². The number of halogens is 1. The Kier molecular flexibility index (Phi) is 6.79. The summed E-state index contributed by atoms with van der Waals surface area (Å²) >= 11 is 0. The Balaban J connectivity index is 1.81. The van der Waals surface area contributed by atoms with Gasteiger partial charge in [0.2, 0.25) is 16.0 Å². The Bertz CT molecular complexity index is 1280. The fraction of sp³-hybridized carbons (Fsp3) is 0.190. The van der Waals surface area contributed by atoms with E-state index in [-0.39, 0.29) is 16.7 Å². The second kappa shape index (κ2) is 9.38. The number of carbonyl (C=O) groups excluding carboxylic acids is 1. The number of benzene rings is 2. The number of hydrogen-bond donors (Lipinski definition) is 4. The van der Waals surface area contributed by atoms with Crippen molar-refractivity contribution in [3.8, 4) is 5.75 Å². The first-order chi connectivity index (χ1) is 15.4. The van der Waals surface area contributed by atoms with Crippen molar-refractivity contribution in [3.63, 3.8) is 0 Å². The van der Waals surface area contributed by atoms with E-state index in [4.69, 9.17) is 15.6 Å². The molecule has 1 amide bonds. The molecule has 1 atom stereocenters. The number of primary amides is 1. The predicted octanol–water partition coefficient (Wildman–Crippen LogP) is 2.62. The zero-order valence-corrected chi connectivity index (χ0v) is 18.9. The SMILES string of the molecule is Cc1cc(Nc2nc(Nc3ccc(S(N)(=O)=O)cc3)ncc2F)cc(C)c1OC(C)C(N)=O. The van der Waals surface area contributed by atoms with Gasteiger partial charge in [-0.15, -0.1) is 0 Å². The molecule has 0 fully saturated rings. The van der Waals surface area contributed by atoms with Gasteiger partial charge < -0.3 is 21.1 Å². The zero-order valence-electron chi connectivity index (χ0n) is 18.1.